The van der Waals surface area contributed by atoms with Gasteiger partial charge >= 0.3 is 6.03 Å². The van der Waals surface area contributed by atoms with Crippen LogP contribution in [0, 0.1) is 0 Å². The fraction of sp³-hybridized carbons (Fsp3) is 0.364. The molecule has 0 aliphatic carbocycles. The number of benzene rings is 1. The standard InChI is InChI=1S/C11H15ClN2O/c1-7(2)9-5-4-8(6-10(9)12)14-11(15)13-3/h4-7H,1-3H3,(H2,13,14,15). The molecule has 0 saturated heterocycles. The van der Waals surface area contributed by atoms with Crippen LogP contribution in [0.3, 0.4) is 0 Å². The lowest BCUT2D eigenvalue weighted by Crippen LogP contribution is -2.24. The molecule has 1 aromatic rings. The maximum Gasteiger partial charge on any atom is 0.318 e. The smallest absolute Gasteiger partial charge is 0.318 e. The van der Waals surface area contributed by atoms with Crippen molar-refractivity contribution in [1.82, 2.24) is 5.32 Å². The van der Waals surface area contributed by atoms with Crippen molar-refractivity contribution in [2.75, 3.05) is 12.4 Å². The van der Waals surface area contributed by atoms with E-state index in [-0.39, 0.29) is 6.03 Å². The van der Waals surface area contributed by atoms with Gasteiger partial charge in [-0.1, -0.05) is 31.5 Å². The molecule has 2 amide bonds. The number of halogens is 1. The molecule has 0 aromatic heterocycles. The van der Waals surface area contributed by atoms with E-state index in [0.717, 1.165) is 5.56 Å². The largest absolute Gasteiger partial charge is 0.341 e. The zero-order chi connectivity index (χ0) is 11.4. The third-order valence-electron chi connectivity index (χ3n) is 2.11. The molecule has 2 N–H and O–H groups in total. The Kier molecular flexibility index (Phi) is 3.97. The van der Waals surface area contributed by atoms with E-state index in [1.54, 1.807) is 13.1 Å². The number of rotatable bonds is 2. The monoisotopic (exact) mass is 226 g/mol. The predicted octanol–water partition coefficient (Wildman–Crippen LogP) is 3.21. The first-order chi connectivity index (χ1) is 7.04. The van der Waals surface area contributed by atoms with E-state index in [2.05, 4.69) is 24.5 Å². The summed E-state index contributed by atoms with van der Waals surface area (Å²) in [6, 6.07) is 5.28. The van der Waals surface area contributed by atoms with Gasteiger partial charge < -0.3 is 10.6 Å². The maximum absolute atomic E-state index is 11.0. The Morgan fingerprint density at radius 1 is 1.40 bits per heavy atom. The number of nitrogens with one attached hydrogen (secondary N) is 2. The van der Waals surface area contributed by atoms with E-state index >= 15 is 0 Å². The summed E-state index contributed by atoms with van der Waals surface area (Å²) in [5.74, 6) is 0.381. The van der Waals surface area contributed by atoms with Crippen molar-refractivity contribution < 1.29 is 4.79 Å². The molecular formula is C11H15ClN2O. The molecular weight excluding hydrogens is 212 g/mol. The molecule has 0 saturated carbocycles. The van der Waals surface area contributed by atoms with E-state index < -0.39 is 0 Å². The molecule has 15 heavy (non-hydrogen) atoms. The first-order valence-corrected chi connectivity index (χ1v) is 5.20. The highest BCUT2D eigenvalue weighted by Crippen LogP contribution is 2.26. The minimum atomic E-state index is -0.247. The summed E-state index contributed by atoms with van der Waals surface area (Å²) in [6.45, 7) is 4.15. The van der Waals surface area contributed by atoms with Gasteiger partial charge in [0.2, 0.25) is 0 Å². The molecule has 3 nitrogen and oxygen atoms in total. The van der Waals surface area contributed by atoms with Crippen molar-refractivity contribution in [2.45, 2.75) is 19.8 Å². The van der Waals surface area contributed by atoms with Crippen LogP contribution in [0.25, 0.3) is 0 Å². The molecule has 0 atom stereocenters. The Morgan fingerprint density at radius 2 is 2.07 bits per heavy atom. The maximum atomic E-state index is 11.0. The van der Waals surface area contributed by atoms with E-state index in [9.17, 15) is 4.79 Å². The van der Waals surface area contributed by atoms with Crippen molar-refractivity contribution in [3.63, 3.8) is 0 Å². The van der Waals surface area contributed by atoms with Crippen molar-refractivity contribution in [1.29, 1.82) is 0 Å². The van der Waals surface area contributed by atoms with Gasteiger partial charge in [-0.15, -0.1) is 0 Å². The fourth-order valence-corrected chi connectivity index (χ4v) is 1.67. The van der Waals surface area contributed by atoms with Crippen LogP contribution in [0.1, 0.15) is 25.3 Å². The van der Waals surface area contributed by atoms with Crippen LogP contribution in [0.5, 0.6) is 0 Å². The number of amides is 2. The number of hydrogen-bond acceptors (Lipinski definition) is 1. The highest BCUT2D eigenvalue weighted by Gasteiger charge is 2.06. The van der Waals surface area contributed by atoms with Gasteiger partial charge in [0, 0.05) is 17.8 Å². The van der Waals surface area contributed by atoms with Crippen molar-refractivity contribution in [3.8, 4) is 0 Å². The summed E-state index contributed by atoms with van der Waals surface area (Å²) in [5, 5.41) is 5.82. The lowest BCUT2D eigenvalue weighted by atomic mass is 10.0. The second kappa shape index (κ2) is 5.03. The molecule has 0 fully saturated rings. The number of carbonyl (C=O) groups is 1. The number of hydrogen-bond donors (Lipinski definition) is 2. The molecule has 1 aromatic carbocycles. The van der Waals surface area contributed by atoms with Crippen molar-refractivity contribution >= 4 is 23.3 Å². The summed E-state index contributed by atoms with van der Waals surface area (Å²) in [6.07, 6.45) is 0. The molecule has 0 aliphatic heterocycles. The first kappa shape index (κ1) is 11.9. The lowest BCUT2D eigenvalue weighted by Gasteiger charge is -2.10. The van der Waals surface area contributed by atoms with Crippen LogP contribution in [0.4, 0.5) is 10.5 Å². The lowest BCUT2D eigenvalue weighted by molar-refractivity contribution is 0.254. The van der Waals surface area contributed by atoms with E-state index in [1.165, 1.54) is 0 Å². The fourth-order valence-electron chi connectivity index (χ4n) is 1.27. The Labute approximate surface area is 94.8 Å². The number of anilines is 1. The topological polar surface area (TPSA) is 41.1 Å². The van der Waals surface area contributed by atoms with Gasteiger partial charge in [-0.25, -0.2) is 4.79 Å². The molecule has 0 spiro atoms. The normalized spacial score (nSPS) is 10.2. The van der Waals surface area contributed by atoms with E-state index in [0.29, 0.717) is 16.6 Å². The van der Waals surface area contributed by atoms with Gasteiger partial charge in [0.25, 0.3) is 0 Å². The zero-order valence-corrected chi connectivity index (χ0v) is 9.85. The molecule has 0 aliphatic rings. The van der Waals surface area contributed by atoms with Crippen LogP contribution < -0.4 is 10.6 Å². The van der Waals surface area contributed by atoms with E-state index in [1.807, 2.05) is 12.1 Å². The summed E-state index contributed by atoms with van der Waals surface area (Å²) in [7, 11) is 1.57. The quantitative estimate of drug-likeness (QED) is 0.799. The number of carbonyl (C=O) groups excluding carboxylic acids is 1. The molecule has 4 heteroatoms. The average molecular weight is 227 g/mol. The van der Waals surface area contributed by atoms with Crippen LogP contribution >= 0.6 is 11.6 Å². The van der Waals surface area contributed by atoms with Gasteiger partial charge in [-0.2, -0.15) is 0 Å². The molecule has 0 radical (unpaired) electrons. The minimum absolute atomic E-state index is 0.247. The zero-order valence-electron chi connectivity index (χ0n) is 9.10. The van der Waals surface area contributed by atoms with Crippen LogP contribution in [0.15, 0.2) is 18.2 Å². The Hall–Kier alpha value is -1.22. The third kappa shape index (κ3) is 3.13. The molecule has 1 rings (SSSR count). The summed E-state index contributed by atoms with van der Waals surface area (Å²) in [5.41, 5.74) is 1.78. The number of urea groups is 1. The van der Waals surface area contributed by atoms with Crippen LogP contribution in [-0.4, -0.2) is 13.1 Å². The van der Waals surface area contributed by atoms with Gasteiger partial charge in [0.1, 0.15) is 0 Å². The minimum Gasteiger partial charge on any atom is -0.341 e. The van der Waals surface area contributed by atoms with Gasteiger partial charge in [-0.05, 0) is 23.6 Å². The van der Waals surface area contributed by atoms with Gasteiger partial charge in [0.05, 0.1) is 0 Å². The van der Waals surface area contributed by atoms with E-state index in [4.69, 9.17) is 11.6 Å². The molecule has 0 heterocycles. The Balaban J connectivity index is 2.87. The summed E-state index contributed by atoms with van der Waals surface area (Å²) >= 11 is 6.08. The highest BCUT2D eigenvalue weighted by atomic mass is 35.5. The van der Waals surface area contributed by atoms with Crippen LogP contribution in [0.2, 0.25) is 5.02 Å². The summed E-state index contributed by atoms with van der Waals surface area (Å²) < 4.78 is 0. The first-order valence-electron chi connectivity index (χ1n) is 4.82. The van der Waals surface area contributed by atoms with Crippen molar-refractivity contribution in [3.05, 3.63) is 28.8 Å². The van der Waals surface area contributed by atoms with Crippen molar-refractivity contribution in [2.24, 2.45) is 0 Å². The van der Waals surface area contributed by atoms with Crippen LogP contribution in [-0.2, 0) is 0 Å². The second-order valence-electron chi connectivity index (χ2n) is 3.60. The second-order valence-corrected chi connectivity index (χ2v) is 4.00. The highest BCUT2D eigenvalue weighted by molar-refractivity contribution is 6.31. The Morgan fingerprint density at radius 3 is 2.53 bits per heavy atom. The van der Waals surface area contributed by atoms with Gasteiger partial charge in [-0.3, -0.25) is 0 Å². The predicted molar refractivity (Wildman–Crippen MR) is 63.6 cm³/mol. The Bertz CT molecular complexity index is 364. The summed E-state index contributed by atoms with van der Waals surface area (Å²) in [4.78, 5) is 11.0. The molecule has 82 valence electrons. The average Bonchev–Trinajstić information content (AvgIpc) is 2.17. The third-order valence-corrected chi connectivity index (χ3v) is 2.43. The molecule has 0 bridgehead atoms. The SMILES string of the molecule is CNC(=O)Nc1ccc(C(C)C)c(Cl)c1. The van der Waals surface area contributed by atoms with Gasteiger partial charge in [0.15, 0.2) is 0 Å². The molecule has 0 unspecified atom stereocenters.